The van der Waals surface area contributed by atoms with E-state index in [2.05, 4.69) is 10.1 Å². The number of benzene rings is 2. The van der Waals surface area contributed by atoms with E-state index in [1.807, 2.05) is 86.5 Å². The van der Waals surface area contributed by atoms with Gasteiger partial charge in [-0.25, -0.2) is 9.38 Å². The Morgan fingerprint density at radius 2 is 1.69 bits per heavy atom. The van der Waals surface area contributed by atoms with Crippen molar-refractivity contribution in [1.29, 1.82) is 0 Å². The molecule has 0 fully saturated rings. The van der Waals surface area contributed by atoms with E-state index >= 15 is 0 Å². The summed E-state index contributed by atoms with van der Waals surface area (Å²) in [6, 6.07) is 16.9. The van der Waals surface area contributed by atoms with Crippen molar-refractivity contribution in [2.24, 2.45) is 4.99 Å². The molecule has 0 spiro atoms. The van der Waals surface area contributed by atoms with Crippen molar-refractivity contribution in [2.75, 3.05) is 28.2 Å². The van der Waals surface area contributed by atoms with E-state index in [4.69, 9.17) is 4.52 Å². The van der Waals surface area contributed by atoms with Gasteiger partial charge in [-0.1, -0.05) is 47.6 Å². The molecule has 0 radical (unpaired) electrons. The molecule has 1 heterocycles. The van der Waals surface area contributed by atoms with Crippen molar-refractivity contribution in [3.63, 3.8) is 0 Å². The number of nitrogens with zero attached hydrogens (tertiary/aromatic N) is 4. The highest BCUT2D eigenvalue weighted by molar-refractivity contribution is 5.79. The number of guanidine groups is 1. The van der Waals surface area contributed by atoms with Crippen LogP contribution in [0.15, 0.2) is 64.1 Å². The molecule has 3 aromatic rings. The minimum atomic E-state index is -0.205. The number of aryl methyl sites for hydroxylation is 2. The molecule has 0 aliphatic heterocycles. The molecule has 5 nitrogen and oxygen atoms in total. The average Bonchev–Trinajstić information content (AvgIpc) is 3.14. The Morgan fingerprint density at radius 3 is 2.34 bits per heavy atom. The molecule has 0 saturated heterocycles. The molecule has 29 heavy (non-hydrogen) atoms. The van der Waals surface area contributed by atoms with Gasteiger partial charge in [-0.2, -0.15) is 0 Å². The first-order valence-corrected chi connectivity index (χ1v) is 9.61. The topological polar surface area (TPSA) is 44.9 Å². The molecular formula is C23H27FN4O. The summed E-state index contributed by atoms with van der Waals surface area (Å²) in [5.74, 6) is 1.37. The Kier molecular flexibility index (Phi) is 6.65. The molecule has 3 rings (SSSR count). The fourth-order valence-corrected chi connectivity index (χ4v) is 3.22. The molecule has 0 N–H and O–H groups in total. The molecule has 0 unspecified atom stereocenters. The van der Waals surface area contributed by atoms with E-state index in [0.717, 1.165) is 22.8 Å². The highest BCUT2D eigenvalue weighted by atomic mass is 19.1. The Labute approximate surface area is 171 Å². The van der Waals surface area contributed by atoms with Crippen LogP contribution in [-0.4, -0.2) is 49.1 Å². The van der Waals surface area contributed by atoms with Gasteiger partial charge in [-0.05, 0) is 30.0 Å². The van der Waals surface area contributed by atoms with Crippen LogP contribution in [-0.2, 0) is 19.4 Å². The van der Waals surface area contributed by atoms with Gasteiger partial charge in [-0.3, -0.25) is 0 Å². The molecule has 0 aliphatic rings. The van der Waals surface area contributed by atoms with Gasteiger partial charge in [0, 0.05) is 39.8 Å². The number of aromatic nitrogens is 1. The van der Waals surface area contributed by atoms with Crippen LogP contribution in [0, 0.1) is 5.82 Å². The van der Waals surface area contributed by atoms with Gasteiger partial charge in [0.25, 0.3) is 0 Å². The minimum absolute atomic E-state index is 0.205. The summed E-state index contributed by atoms with van der Waals surface area (Å²) in [5.41, 5.74) is 3.29. The second-order valence-corrected chi connectivity index (χ2v) is 7.37. The van der Waals surface area contributed by atoms with Gasteiger partial charge in [-0.15, -0.1) is 0 Å². The normalized spacial score (nSPS) is 10.7. The fourth-order valence-electron chi connectivity index (χ4n) is 3.22. The van der Waals surface area contributed by atoms with E-state index in [9.17, 15) is 4.39 Å². The van der Waals surface area contributed by atoms with Crippen LogP contribution in [0.5, 0.6) is 0 Å². The molecule has 0 saturated carbocycles. The Hall–Kier alpha value is -3.15. The molecule has 1 aromatic heterocycles. The monoisotopic (exact) mass is 394 g/mol. The maximum atomic E-state index is 14.5. The third-order valence-electron chi connectivity index (χ3n) is 4.57. The predicted molar refractivity (Wildman–Crippen MR) is 114 cm³/mol. The third kappa shape index (κ3) is 5.44. The molecule has 2 aromatic carbocycles. The van der Waals surface area contributed by atoms with Crippen LogP contribution in [0.4, 0.5) is 4.39 Å². The zero-order valence-corrected chi connectivity index (χ0v) is 17.4. The van der Waals surface area contributed by atoms with Crippen molar-refractivity contribution < 1.29 is 8.91 Å². The van der Waals surface area contributed by atoms with E-state index < -0.39 is 0 Å². The zero-order valence-electron chi connectivity index (χ0n) is 17.4. The number of hydrogen-bond donors (Lipinski definition) is 0. The van der Waals surface area contributed by atoms with E-state index in [-0.39, 0.29) is 5.82 Å². The molecule has 6 heteroatoms. The number of halogens is 1. The first-order chi connectivity index (χ1) is 13.9. The van der Waals surface area contributed by atoms with Crippen molar-refractivity contribution in [2.45, 2.75) is 19.4 Å². The molecule has 0 amide bonds. The summed E-state index contributed by atoms with van der Waals surface area (Å²) in [4.78, 5) is 8.46. The quantitative estimate of drug-likeness (QED) is 0.463. The van der Waals surface area contributed by atoms with Gasteiger partial charge < -0.3 is 14.3 Å². The van der Waals surface area contributed by atoms with Crippen LogP contribution in [0.2, 0.25) is 0 Å². The van der Waals surface area contributed by atoms with Crippen LogP contribution in [0.25, 0.3) is 11.1 Å². The summed E-state index contributed by atoms with van der Waals surface area (Å²) < 4.78 is 19.9. The van der Waals surface area contributed by atoms with Crippen molar-refractivity contribution in [3.8, 4) is 11.1 Å². The second kappa shape index (κ2) is 9.37. The number of rotatable bonds is 6. The van der Waals surface area contributed by atoms with Crippen LogP contribution >= 0.6 is 0 Å². The SMILES string of the molecule is CN(C)C(=NCc1cc(CCc2ccc(-c3ccccc3)c(F)c2)no1)N(C)C. The summed E-state index contributed by atoms with van der Waals surface area (Å²) in [6.07, 6.45) is 1.38. The van der Waals surface area contributed by atoms with Crippen LogP contribution in [0.1, 0.15) is 17.0 Å². The largest absolute Gasteiger partial charge is 0.359 e. The van der Waals surface area contributed by atoms with Gasteiger partial charge in [0.2, 0.25) is 0 Å². The van der Waals surface area contributed by atoms with Crippen LogP contribution in [0.3, 0.4) is 0 Å². The van der Waals surface area contributed by atoms with Gasteiger partial charge in [0.1, 0.15) is 12.4 Å². The average molecular weight is 394 g/mol. The highest BCUT2D eigenvalue weighted by Crippen LogP contribution is 2.24. The van der Waals surface area contributed by atoms with Crippen molar-refractivity contribution >= 4 is 5.96 Å². The molecule has 0 aliphatic carbocycles. The fraction of sp³-hybridized carbons (Fsp3) is 0.304. The summed E-state index contributed by atoms with van der Waals surface area (Å²) in [7, 11) is 7.80. The minimum Gasteiger partial charge on any atom is -0.359 e. The first kappa shape index (κ1) is 20.6. The van der Waals surface area contributed by atoms with Gasteiger partial charge in [0.05, 0.1) is 5.69 Å². The van der Waals surface area contributed by atoms with E-state index in [1.165, 1.54) is 0 Å². The summed E-state index contributed by atoms with van der Waals surface area (Å²) in [5, 5.41) is 4.12. The van der Waals surface area contributed by atoms with Crippen molar-refractivity contribution in [1.82, 2.24) is 15.0 Å². The van der Waals surface area contributed by atoms with Gasteiger partial charge in [0.15, 0.2) is 11.7 Å². The van der Waals surface area contributed by atoms with E-state index in [1.54, 1.807) is 6.07 Å². The Balaban J connectivity index is 1.61. The first-order valence-electron chi connectivity index (χ1n) is 9.61. The zero-order chi connectivity index (χ0) is 20.8. The lowest BCUT2D eigenvalue weighted by molar-refractivity contribution is 0.376. The van der Waals surface area contributed by atoms with Crippen LogP contribution < -0.4 is 0 Å². The molecule has 0 atom stereocenters. The lowest BCUT2D eigenvalue weighted by Gasteiger charge is -2.22. The lowest BCUT2D eigenvalue weighted by Crippen LogP contribution is -2.35. The standard InChI is InChI=1S/C23H27FN4O/c1-27(2)23(28(3)4)25-16-20-15-19(26-29-20)12-10-17-11-13-21(22(24)14-17)18-8-6-5-7-9-18/h5-9,11,13-15H,10,12,16H2,1-4H3. The van der Waals surface area contributed by atoms with Gasteiger partial charge >= 0.3 is 0 Å². The van der Waals surface area contributed by atoms with Crippen molar-refractivity contribution in [3.05, 3.63) is 77.4 Å². The number of aliphatic imine (C=N–C) groups is 1. The summed E-state index contributed by atoms with van der Waals surface area (Å²) >= 11 is 0. The molecule has 0 bridgehead atoms. The lowest BCUT2D eigenvalue weighted by atomic mass is 10.0. The number of hydrogen-bond acceptors (Lipinski definition) is 3. The maximum Gasteiger partial charge on any atom is 0.195 e. The Morgan fingerprint density at radius 1 is 0.966 bits per heavy atom. The maximum absolute atomic E-state index is 14.5. The van der Waals surface area contributed by atoms with E-state index in [0.29, 0.717) is 30.7 Å². The Bertz CT molecular complexity index is 954. The highest BCUT2D eigenvalue weighted by Gasteiger charge is 2.09. The molecular weight excluding hydrogens is 367 g/mol. The molecule has 152 valence electrons. The predicted octanol–water partition coefficient (Wildman–Crippen LogP) is 4.25. The summed E-state index contributed by atoms with van der Waals surface area (Å²) in [6.45, 7) is 0.430. The third-order valence-corrected chi connectivity index (χ3v) is 4.57. The second-order valence-electron chi connectivity index (χ2n) is 7.37. The smallest absolute Gasteiger partial charge is 0.195 e.